The van der Waals surface area contributed by atoms with Crippen molar-refractivity contribution in [2.75, 3.05) is 7.11 Å². The highest BCUT2D eigenvalue weighted by Crippen LogP contribution is 2.66. The Bertz CT molecular complexity index is 874. The van der Waals surface area contributed by atoms with E-state index in [0.29, 0.717) is 16.6 Å². The van der Waals surface area contributed by atoms with Crippen LogP contribution in [0.2, 0.25) is 5.15 Å². The molecule has 0 aliphatic heterocycles. The summed E-state index contributed by atoms with van der Waals surface area (Å²) < 4.78 is 6.93. The Morgan fingerprint density at radius 3 is 2.84 bits per heavy atom. The highest BCUT2D eigenvalue weighted by atomic mass is 35.5. The van der Waals surface area contributed by atoms with Crippen LogP contribution in [0.3, 0.4) is 0 Å². The number of aryl methyl sites for hydroxylation is 1. The first-order valence-corrected chi connectivity index (χ1v) is 8.88. The summed E-state index contributed by atoms with van der Waals surface area (Å²) in [6, 6.07) is 6.22. The maximum Gasteiger partial charge on any atom is 0.256 e. The number of carbonyl (C=O) groups is 1. The van der Waals surface area contributed by atoms with Crippen LogP contribution in [-0.4, -0.2) is 22.8 Å². The van der Waals surface area contributed by atoms with Crippen LogP contribution in [0.1, 0.15) is 54.1 Å². The van der Waals surface area contributed by atoms with Crippen molar-refractivity contribution in [3.8, 4) is 5.75 Å². The van der Waals surface area contributed by atoms with E-state index in [2.05, 4.69) is 36.4 Å². The maximum absolute atomic E-state index is 13.0. The van der Waals surface area contributed by atoms with Crippen molar-refractivity contribution in [2.24, 2.45) is 12.5 Å². The van der Waals surface area contributed by atoms with Gasteiger partial charge < -0.3 is 10.1 Å². The number of rotatable bonds is 3. The fraction of sp³-hybridized carbons (Fsp3) is 0.474. The van der Waals surface area contributed by atoms with Crippen LogP contribution in [0.15, 0.2) is 24.4 Å². The number of nitrogens with zero attached hydrogens (tertiary/aromatic N) is 2. The van der Waals surface area contributed by atoms with Crippen molar-refractivity contribution in [3.05, 3.63) is 46.2 Å². The van der Waals surface area contributed by atoms with E-state index < -0.39 is 5.54 Å². The molecule has 1 saturated carbocycles. The molecule has 2 bridgehead atoms. The second-order valence-corrected chi connectivity index (χ2v) is 7.96. The third-order valence-corrected chi connectivity index (χ3v) is 6.76. The lowest BCUT2D eigenvalue weighted by Crippen LogP contribution is -2.51. The van der Waals surface area contributed by atoms with E-state index in [0.717, 1.165) is 18.6 Å². The molecule has 1 aromatic carbocycles. The summed E-state index contributed by atoms with van der Waals surface area (Å²) in [7, 11) is 3.39. The van der Waals surface area contributed by atoms with Gasteiger partial charge in [0.15, 0.2) is 0 Å². The van der Waals surface area contributed by atoms with Crippen molar-refractivity contribution in [3.63, 3.8) is 0 Å². The van der Waals surface area contributed by atoms with Gasteiger partial charge in [-0.3, -0.25) is 9.48 Å². The minimum absolute atomic E-state index is 0.0773. The van der Waals surface area contributed by atoms with Gasteiger partial charge in [0.25, 0.3) is 5.91 Å². The van der Waals surface area contributed by atoms with Crippen molar-refractivity contribution in [1.82, 2.24) is 15.1 Å². The summed E-state index contributed by atoms with van der Waals surface area (Å²) in [5, 5.41) is 7.75. The Balaban J connectivity index is 1.80. The zero-order chi connectivity index (χ0) is 18.0. The zero-order valence-electron chi connectivity index (χ0n) is 14.9. The van der Waals surface area contributed by atoms with E-state index in [1.165, 1.54) is 22.0 Å². The molecule has 6 heteroatoms. The molecule has 5 nitrogen and oxygen atoms in total. The van der Waals surface area contributed by atoms with E-state index in [1.54, 1.807) is 14.2 Å². The zero-order valence-corrected chi connectivity index (χ0v) is 15.6. The van der Waals surface area contributed by atoms with Gasteiger partial charge in [0.2, 0.25) is 0 Å². The minimum atomic E-state index is -0.419. The molecular weight excluding hydrogens is 338 g/mol. The van der Waals surface area contributed by atoms with Crippen LogP contribution in [0.5, 0.6) is 5.75 Å². The quantitative estimate of drug-likeness (QED) is 0.910. The summed E-state index contributed by atoms with van der Waals surface area (Å²) in [6.07, 6.45) is 3.50. The Kier molecular flexibility index (Phi) is 3.45. The van der Waals surface area contributed by atoms with E-state index in [4.69, 9.17) is 16.3 Å². The molecule has 2 aromatic rings. The number of nitrogens with one attached hydrogen (secondary N) is 1. The maximum atomic E-state index is 13.0. The van der Waals surface area contributed by atoms with Crippen LogP contribution in [-0.2, 0) is 12.6 Å². The molecular formula is C19H22ClN3O2. The Labute approximate surface area is 152 Å². The fourth-order valence-electron chi connectivity index (χ4n) is 4.83. The van der Waals surface area contributed by atoms with Gasteiger partial charge in [-0.1, -0.05) is 31.5 Å². The molecule has 0 saturated heterocycles. The topological polar surface area (TPSA) is 56.1 Å². The van der Waals surface area contributed by atoms with E-state index >= 15 is 0 Å². The number of hydrogen-bond acceptors (Lipinski definition) is 3. The highest BCUT2D eigenvalue weighted by molar-refractivity contribution is 6.32. The van der Waals surface area contributed by atoms with Crippen LogP contribution in [0, 0.1) is 5.41 Å². The lowest BCUT2D eigenvalue weighted by molar-refractivity contribution is 0.0809. The van der Waals surface area contributed by atoms with Gasteiger partial charge in [0.1, 0.15) is 10.9 Å². The van der Waals surface area contributed by atoms with Gasteiger partial charge in [-0.05, 0) is 47.4 Å². The second-order valence-electron chi connectivity index (χ2n) is 7.60. The molecule has 25 heavy (non-hydrogen) atoms. The Hall–Kier alpha value is -2.01. The monoisotopic (exact) mass is 359 g/mol. The Morgan fingerprint density at radius 1 is 1.44 bits per heavy atom. The average molecular weight is 360 g/mol. The second kappa shape index (κ2) is 5.24. The van der Waals surface area contributed by atoms with Crippen molar-refractivity contribution in [1.29, 1.82) is 0 Å². The molecule has 2 atom stereocenters. The third-order valence-electron chi connectivity index (χ3n) is 6.31. The number of aromatic nitrogens is 2. The summed E-state index contributed by atoms with van der Waals surface area (Å²) in [5.41, 5.74) is 2.40. The standard InChI is InChI=1S/C19H22ClN3O2/c1-18(2)14-7-8-19(18,15-9-11(25-4)5-6-12(14)15)22-17(24)13-10-21-23(3)16(13)20/h5-6,9-10,14H,7-8H2,1-4H3,(H,22,24). The average Bonchev–Trinajstić information content (AvgIpc) is 3.11. The van der Waals surface area contributed by atoms with Gasteiger partial charge in [-0.25, -0.2) is 0 Å². The number of fused-ring (bicyclic) bond motifs is 5. The van der Waals surface area contributed by atoms with Gasteiger partial charge in [0, 0.05) is 7.05 Å². The first kappa shape index (κ1) is 16.5. The number of halogens is 1. The molecule has 4 rings (SSSR count). The molecule has 1 heterocycles. The third kappa shape index (κ3) is 2.02. The molecule has 1 amide bonds. The normalized spacial score (nSPS) is 25.7. The predicted octanol–water partition coefficient (Wildman–Crippen LogP) is 3.62. The minimum Gasteiger partial charge on any atom is -0.497 e. The molecule has 2 aliphatic carbocycles. The molecule has 1 aromatic heterocycles. The first-order valence-electron chi connectivity index (χ1n) is 8.50. The molecule has 2 aliphatic rings. The summed E-state index contributed by atoms with van der Waals surface area (Å²) in [6.45, 7) is 4.48. The van der Waals surface area contributed by atoms with Gasteiger partial charge in [-0.2, -0.15) is 5.10 Å². The number of carbonyl (C=O) groups excluding carboxylic acids is 1. The number of methoxy groups -OCH3 is 1. The summed E-state index contributed by atoms with van der Waals surface area (Å²) in [5.74, 6) is 1.07. The van der Waals surface area contributed by atoms with Crippen LogP contribution < -0.4 is 10.1 Å². The van der Waals surface area contributed by atoms with Gasteiger partial charge >= 0.3 is 0 Å². The van der Waals surface area contributed by atoms with Gasteiger partial charge in [-0.15, -0.1) is 0 Å². The van der Waals surface area contributed by atoms with E-state index in [9.17, 15) is 4.79 Å². The van der Waals surface area contributed by atoms with E-state index in [-0.39, 0.29) is 11.3 Å². The van der Waals surface area contributed by atoms with E-state index in [1.807, 2.05) is 6.07 Å². The molecule has 0 radical (unpaired) electrons. The lowest BCUT2D eigenvalue weighted by atomic mass is 9.74. The largest absolute Gasteiger partial charge is 0.497 e. The highest BCUT2D eigenvalue weighted by Gasteiger charge is 2.62. The SMILES string of the molecule is COc1ccc2c(c1)C1(NC(=O)c3cnn(C)c3Cl)CCC2C1(C)C. The lowest BCUT2D eigenvalue weighted by Gasteiger charge is -2.39. The molecule has 1 fully saturated rings. The molecule has 0 spiro atoms. The van der Waals surface area contributed by atoms with Crippen LogP contribution in [0.4, 0.5) is 0 Å². The number of amides is 1. The first-order chi connectivity index (χ1) is 11.8. The van der Waals surface area contributed by atoms with Crippen LogP contribution >= 0.6 is 11.6 Å². The number of benzene rings is 1. The van der Waals surface area contributed by atoms with Crippen molar-refractivity contribution >= 4 is 17.5 Å². The Morgan fingerprint density at radius 2 is 2.20 bits per heavy atom. The van der Waals surface area contributed by atoms with Crippen molar-refractivity contribution in [2.45, 2.75) is 38.1 Å². The van der Waals surface area contributed by atoms with Crippen molar-refractivity contribution < 1.29 is 9.53 Å². The summed E-state index contributed by atoms with van der Waals surface area (Å²) >= 11 is 6.23. The predicted molar refractivity (Wildman–Crippen MR) is 96.1 cm³/mol. The van der Waals surface area contributed by atoms with Gasteiger partial charge in [0.05, 0.1) is 24.4 Å². The fourth-order valence-corrected chi connectivity index (χ4v) is 5.01. The molecule has 2 unspecified atom stereocenters. The molecule has 1 N–H and O–H groups in total. The number of ether oxygens (including phenoxy) is 1. The van der Waals surface area contributed by atoms with Crippen LogP contribution in [0.25, 0.3) is 0 Å². The smallest absolute Gasteiger partial charge is 0.256 e. The number of hydrogen-bond donors (Lipinski definition) is 1. The molecule has 132 valence electrons. The summed E-state index contributed by atoms with van der Waals surface area (Å²) in [4.78, 5) is 13.0.